The van der Waals surface area contributed by atoms with E-state index in [-0.39, 0.29) is 29.3 Å². The van der Waals surface area contributed by atoms with Crippen molar-refractivity contribution >= 4 is 23.4 Å². The molecule has 0 radical (unpaired) electrons. The molecule has 1 atom stereocenters. The SMILES string of the molecule is O=C(C[C@@H]1COCCN1C(=O)c1c[nH]c(=O)c(Cl)c1)NCCN1CCCC1. The van der Waals surface area contributed by atoms with Gasteiger partial charge in [-0.3, -0.25) is 14.4 Å². The number of hydrogen-bond donors (Lipinski definition) is 2. The van der Waals surface area contributed by atoms with Gasteiger partial charge in [-0.25, -0.2) is 0 Å². The second-order valence-corrected chi connectivity index (χ2v) is 7.30. The Balaban J connectivity index is 1.55. The molecular formula is C18H25ClN4O4. The van der Waals surface area contributed by atoms with Crippen LogP contribution in [0, 0.1) is 0 Å². The van der Waals surface area contributed by atoms with Crippen LogP contribution in [0.15, 0.2) is 17.1 Å². The van der Waals surface area contributed by atoms with Crippen LogP contribution in [-0.4, -0.2) is 78.6 Å². The number of carbonyl (C=O) groups is 2. The van der Waals surface area contributed by atoms with Gasteiger partial charge in [-0.05, 0) is 32.0 Å². The number of amides is 2. The lowest BCUT2D eigenvalue weighted by Gasteiger charge is -2.35. The van der Waals surface area contributed by atoms with Crippen LogP contribution in [0.1, 0.15) is 29.6 Å². The smallest absolute Gasteiger partial charge is 0.266 e. The first kappa shape index (κ1) is 19.9. The van der Waals surface area contributed by atoms with E-state index in [1.54, 1.807) is 4.90 Å². The van der Waals surface area contributed by atoms with Crippen LogP contribution in [-0.2, 0) is 9.53 Å². The van der Waals surface area contributed by atoms with Gasteiger partial charge in [0.1, 0.15) is 5.02 Å². The third-order valence-electron chi connectivity index (χ3n) is 4.96. The molecule has 3 heterocycles. The van der Waals surface area contributed by atoms with Crippen molar-refractivity contribution in [1.29, 1.82) is 0 Å². The highest BCUT2D eigenvalue weighted by atomic mass is 35.5. The van der Waals surface area contributed by atoms with E-state index in [4.69, 9.17) is 16.3 Å². The minimum absolute atomic E-state index is 0.0367. The first-order valence-corrected chi connectivity index (χ1v) is 9.68. The van der Waals surface area contributed by atoms with E-state index in [1.807, 2.05) is 0 Å². The molecule has 2 aliphatic rings. The summed E-state index contributed by atoms with van der Waals surface area (Å²) < 4.78 is 5.46. The third-order valence-corrected chi connectivity index (χ3v) is 5.24. The van der Waals surface area contributed by atoms with Crippen LogP contribution in [0.3, 0.4) is 0 Å². The van der Waals surface area contributed by atoms with Crippen LogP contribution in [0.5, 0.6) is 0 Å². The Hall–Kier alpha value is -1.90. The predicted octanol–water partition coefficient (Wildman–Crippen LogP) is 0.471. The van der Waals surface area contributed by atoms with Gasteiger partial charge in [-0.1, -0.05) is 11.6 Å². The maximum Gasteiger partial charge on any atom is 0.266 e. The predicted molar refractivity (Wildman–Crippen MR) is 101 cm³/mol. The van der Waals surface area contributed by atoms with Crippen molar-refractivity contribution in [2.75, 3.05) is 45.9 Å². The van der Waals surface area contributed by atoms with Crippen LogP contribution in [0.4, 0.5) is 0 Å². The molecule has 0 aromatic carbocycles. The molecule has 1 aromatic rings. The number of H-pyrrole nitrogens is 1. The molecule has 1 aromatic heterocycles. The number of aromatic amines is 1. The van der Waals surface area contributed by atoms with Crippen molar-refractivity contribution in [3.63, 3.8) is 0 Å². The zero-order valence-corrected chi connectivity index (χ0v) is 16.0. The summed E-state index contributed by atoms with van der Waals surface area (Å²) in [6.45, 7) is 4.76. The van der Waals surface area contributed by atoms with E-state index >= 15 is 0 Å². The second-order valence-electron chi connectivity index (χ2n) is 6.90. The van der Waals surface area contributed by atoms with E-state index in [0.717, 1.165) is 19.6 Å². The summed E-state index contributed by atoms with van der Waals surface area (Å²) in [6.07, 6.45) is 3.97. The minimum Gasteiger partial charge on any atom is -0.377 e. The monoisotopic (exact) mass is 396 g/mol. The summed E-state index contributed by atoms with van der Waals surface area (Å²) in [5, 5.41) is 2.89. The lowest BCUT2D eigenvalue weighted by Crippen LogP contribution is -2.50. The first-order valence-electron chi connectivity index (χ1n) is 9.30. The Morgan fingerprint density at radius 3 is 2.81 bits per heavy atom. The highest BCUT2D eigenvalue weighted by Gasteiger charge is 2.30. The average molecular weight is 397 g/mol. The summed E-state index contributed by atoms with van der Waals surface area (Å²) >= 11 is 5.82. The summed E-state index contributed by atoms with van der Waals surface area (Å²) in [7, 11) is 0. The number of carbonyl (C=O) groups excluding carboxylic acids is 2. The van der Waals surface area contributed by atoms with E-state index in [0.29, 0.717) is 31.9 Å². The second kappa shape index (κ2) is 9.34. The van der Waals surface area contributed by atoms with E-state index in [9.17, 15) is 14.4 Å². The Morgan fingerprint density at radius 2 is 2.07 bits per heavy atom. The van der Waals surface area contributed by atoms with Crippen molar-refractivity contribution in [1.82, 2.24) is 20.1 Å². The van der Waals surface area contributed by atoms with Crippen molar-refractivity contribution in [3.8, 4) is 0 Å². The molecule has 2 fully saturated rings. The lowest BCUT2D eigenvalue weighted by atomic mass is 10.1. The van der Waals surface area contributed by atoms with Gasteiger partial charge in [-0.2, -0.15) is 0 Å². The molecule has 148 valence electrons. The van der Waals surface area contributed by atoms with E-state index in [1.165, 1.54) is 25.1 Å². The van der Waals surface area contributed by atoms with Crippen LogP contribution in [0.25, 0.3) is 0 Å². The molecule has 0 bridgehead atoms. The van der Waals surface area contributed by atoms with Crippen LogP contribution >= 0.6 is 11.6 Å². The molecule has 0 saturated carbocycles. The third kappa shape index (κ3) is 5.31. The highest BCUT2D eigenvalue weighted by Crippen LogP contribution is 2.16. The van der Waals surface area contributed by atoms with Crippen molar-refractivity contribution < 1.29 is 14.3 Å². The zero-order chi connectivity index (χ0) is 19.2. The molecule has 8 nitrogen and oxygen atoms in total. The standard InChI is InChI=1S/C18H25ClN4O4/c19-15-9-13(11-21-17(15)25)18(26)23-7-8-27-12-14(23)10-16(24)20-3-6-22-4-1-2-5-22/h9,11,14H,1-8,10,12H2,(H,20,24)(H,21,25)/t14-/m1/s1. The van der Waals surface area contributed by atoms with Gasteiger partial charge in [0.05, 0.1) is 24.8 Å². The molecule has 0 unspecified atom stereocenters. The van der Waals surface area contributed by atoms with Crippen molar-refractivity contribution in [3.05, 3.63) is 33.2 Å². The van der Waals surface area contributed by atoms with Gasteiger partial charge in [0, 0.05) is 32.3 Å². The molecule has 2 saturated heterocycles. The summed E-state index contributed by atoms with van der Waals surface area (Å²) in [4.78, 5) is 42.9. The first-order chi connectivity index (χ1) is 13.0. The number of rotatable bonds is 6. The fourth-order valence-electron chi connectivity index (χ4n) is 3.48. The normalized spacial score (nSPS) is 20.6. The Bertz CT molecular complexity index is 732. The fourth-order valence-corrected chi connectivity index (χ4v) is 3.65. The van der Waals surface area contributed by atoms with Crippen molar-refractivity contribution in [2.24, 2.45) is 0 Å². The highest BCUT2D eigenvalue weighted by molar-refractivity contribution is 6.30. The quantitative estimate of drug-likeness (QED) is 0.729. The Labute approximate surface area is 162 Å². The summed E-state index contributed by atoms with van der Waals surface area (Å²) in [5.41, 5.74) is -0.148. The molecule has 3 rings (SSSR count). The number of likely N-dealkylation sites (tertiary alicyclic amines) is 1. The van der Waals surface area contributed by atoms with Gasteiger partial charge >= 0.3 is 0 Å². The number of hydrogen-bond acceptors (Lipinski definition) is 5. The van der Waals surface area contributed by atoms with Gasteiger partial charge in [0.2, 0.25) is 5.91 Å². The summed E-state index contributed by atoms with van der Waals surface area (Å²) in [6, 6.07) is 1.01. The zero-order valence-electron chi connectivity index (χ0n) is 15.2. The summed E-state index contributed by atoms with van der Waals surface area (Å²) in [5.74, 6) is -0.367. The number of halogens is 1. The number of aromatic nitrogens is 1. The number of morpholine rings is 1. The number of nitrogens with one attached hydrogen (secondary N) is 2. The van der Waals surface area contributed by atoms with Gasteiger partial charge in [0.25, 0.3) is 11.5 Å². The number of ether oxygens (including phenoxy) is 1. The molecular weight excluding hydrogens is 372 g/mol. The topological polar surface area (TPSA) is 94.7 Å². The molecule has 2 N–H and O–H groups in total. The Morgan fingerprint density at radius 1 is 1.30 bits per heavy atom. The van der Waals surface area contributed by atoms with Crippen molar-refractivity contribution in [2.45, 2.75) is 25.3 Å². The van der Waals surface area contributed by atoms with Gasteiger partial charge in [0.15, 0.2) is 0 Å². The minimum atomic E-state index is -0.441. The molecule has 27 heavy (non-hydrogen) atoms. The van der Waals surface area contributed by atoms with E-state index < -0.39 is 5.56 Å². The molecule has 2 amide bonds. The molecule has 9 heteroatoms. The fraction of sp³-hybridized carbons (Fsp3) is 0.611. The lowest BCUT2D eigenvalue weighted by molar-refractivity contribution is -0.123. The number of pyridine rings is 1. The van der Waals surface area contributed by atoms with Gasteiger partial charge < -0.3 is 24.8 Å². The average Bonchev–Trinajstić information content (AvgIpc) is 3.17. The van der Waals surface area contributed by atoms with E-state index in [2.05, 4.69) is 15.2 Å². The Kier molecular flexibility index (Phi) is 6.87. The van der Waals surface area contributed by atoms with Gasteiger partial charge in [-0.15, -0.1) is 0 Å². The molecule has 2 aliphatic heterocycles. The largest absolute Gasteiger partial charge is 0.377 e. The number of nitrogens with zero attached hydrogens (tertiary/aromatic N) is 2. The van der Waals surface area contributed by atoms with Crippen LogP contribution in [0.2, 0.25) is 5.02 Å². The van der Waals surface area contributed by atoms with Crippen LogP contribution < -0.4 is 10.9 Å². The molecule has 0 aliphatic carbocycles. The maximum absolute atomic E-state index is 12.8. The molecule has 0 spiro atoms. The maximum atomic E-state index is 12.8.